The fourth-order valence-corrected chi connectivity index (χ4v) is 3.18. The Bertz CT molecular complexity index is 1140. The molecule has 0 saturated heterocycles. The van der Waals surface area contributed by atoms with Crippen molar-refractivity contribution in [2.75, 3.05) is 10.6 Å². The molecule has 0 spiro atoms. The second kappa shape index (κ2) is 7.48. The normalized spacial score (nSPS) is 10.6. The lowest BCUT2D eigenvalue weighted by Crippen LogP contribution is -2.14. The number of fused-ring (bicyclic) bond motifs is 1. The van der Waals surface area contributed by atoms with Crippen LogP contribution in [0.25, 0.3) is 10.9 Å². The first-order chi connectivity index (χ1) is 13.6. The van der Waals surface area contributed by atoms with E-state index in [0.717, 1.165) is 33.4 Å². The van der Waals surface area contributed by atoms with Gasteiger partial charge < -0.3 is 10.6 Å². The summed E-state index contributed by atoms with van der Waals surface area (Å²) in [4.78, 5) is 21.4. The Morgan fingerprint density at radius 3 is 2.43 bits per heavy atom. The zero-order valence-electron chi connectivity index (χ0n) is 15.7. The van der Waals surface area contributed by atoms with Gasteiger partial charge in [0.25, 0.3) is 5.91 Å². The van der Waals surface area contributed by atoms with Crippen molar-refractivity contribution >= 4 is 33.9 Å². The number of pyridine rings is 2. The van der Waals surface area contributed by atoms with Crippen molar-refractivity contribution in [2.45, 2.75) is 13.8 Å². The van der Waals surface area contributed by atoms with Crippen LogP contribution in [-0.2, 0) is 0 Å². The maximum absolute atomic E-state index is 12.8. The van der Waals surface area contributed by atoms with Gasteiger partial charge in [0.15, 0.2) is 0 Å². The Hall–Kier alpha value is -3.73. The van der Waals surface area contributed by atoms with Gasteiger partial charge in [-0.3, -0.25) is 14.8 Å². The number of nitrogens with zero attached hydrogens (tertiary/aromatic N) is 2. The molecule has 1 amide bonds. The maximum atomic E-state index is 12.8. The highest BCUT2D eigenvalue weighted by molar-refractivity contribution is 6.07. The van der Waals surface area contributed by atoms with Crippen molar-refractivity contribution in [1.29, 1.82) is 0 Å². The van der Waals surface area contributed by atoms with Crippen molar-refractivity contribution in [3.63, 3.8) is 0 Å². The highest BCUT2D eigenvalue weighted by Gasteiger charge is 2.12. The predicted molar refractivity (Wildman–Crippen MR) is 113 cm³/mol. The number of carbonyl (C=O) groups excluding carboxylic acids is 1. The quantitative estimate of drug-likeness (QED) is 0.517. The molecule has 0 aliphatic heterocycles. The minimum atomic E-state index is -0.275. The van der Waals surface area contributed by atoms with E-state index < -0.39 is 0 Å². The van der Waals surface area contributed by atoms with Crippen LogP contribution < -0.4 is 10.6 Å². The number of para-hydroxylation sites is 2. The molecule has 2 aromatic heterocycles. The molecule has 5 nitrogen and oxygen atoms in total. The molecule has 28 heavy (non-hydrogen) atoms. The second-order valence-electron chi connectivity index (χ2n) is 6.66. The van der Waals surface area contributed by atoms with Crippen molar-refractivity contribution in [3.05, 3.63) is 89.9 Å². The highest BCUT2D eigenvalue weighted by Crippen LogP contribution is 2.25. The second-order valence-corrected chi connectivity index (χ2v) is 6.66. The fraction of sp³-hybridized carbons (Fsp3) is 0.0870. The summed E-state index contributed by atoms with van der Waals surface area (Å²) in [5.41, 5.74) is 5.89. The topological polar surface area (TPSA) is 66.9 Å². The lowest BCUT2D eigenvalue weighted by molar-refractivity contribution is 0.102. The highest BCUT2D eigenvalue weighted by atomic mass is 16.1. The van der Waals surface area contributed by atoms with Crippen molar-refractivity contribution in [1.82, 2.24) is 9.97 Å². The number of rotatable bonds is 4. The van der Waals surface area contributed by atoms with Crippen LogP contribution in [0.15, 0.2) is 73.1 Å². The lowest BCUT2D eigenvalue weighted by atomic mass is 10.1. The Kier molecular flexibility index (Phi) is 4.72. The summed E-state index contributed by atoms with van der Waals surface area (Å²) in [6.07, 6.45) is 3.34. The van der Waals surface area contributed by atoms with E-state index in [-0.39, 0.29) is 5.91 Å². The van der Waals surface area contributed by atoms with Gasteiger partial charge in [-0.1, -0.05) is 36.4 Å². The monoisotopic (exact) mass is 368 g/mol. The van der Waals surface area contributed by atoms with Gasteiger partial charge in [0.05, 0.1) is 11.2 Å². The SMILES string of the molecule is Cc1cccc(C)c1Nc1ccnc(C(=O)Nc2cccc3cccnc23)c1. The van der Waals surface area contributed by atoms with Gasteiger partial charge in [-0.05, 0) is 49.2 Å². The minimum Gasteiger partial charge on any atom is -0.355 e. The van der Waals surface area contributed by atoms with E-state index >= 15 is 0 Å². The van der Waals surface area contributed by atoms with Gasteiger partial charge in [-0.2, -0.15) is 0 Å². The van der Waals surface area contributed by atoms with Crippen LogP contribution in [0, 0.1) is 13.8 Å². The van der Waals surface area contributed by atoms with E-state index in [1.54, 1.807) is 18.5 Å². The van der Waals surface area contributed by atoms with Crippen molar-refractivity contribution < 1.29 is 4.79 Å². The molecule has 2 N–H and O–H groups in total. The van der Waals surface area contributed by atoms with Crippen molar-refractivity contribution in [2.24, 2.45) is 0 Å². The molecule has 4 aromatic rings. The number of hydrogen-bond acceptors (Lipinski definition) is 4. The number of anilines is 3. The predicted octanol–water partition coefficient (Wildman–Crippen LogP) is 5.24. The van der Waals surface area contributed by atoms with Crippen LogP contribution in [0.2, 0.25) is 0 Å². The average Bonchev–Trinajstić information content (AvgIpc) is 2.71. The van der Waals surface area contributed by atoms with Gasteiger partial charge in [0.2, 0.25) is 0 Å². The summed E-state index contributed by atoms with van der Waals surface area (Å²) in [5, 5.41) is 7.29. The number of aromatic nitrogens is 2. The fourth-order valence-electron chi connectivity index (χ4n) is 3.18. The minimum absolute atomic E-state index is 0.275. The van der Waals surface area contributed by atoms with E-state index in [2.05, 4.69) is 46.6 Å². The summed E-state index contributed by atoms with van der Waals surface area (Å²) in [7, 11) is 0. The maximum Gasteiger partial charge on any atom is 0.274 e. The van der Waals surface area contributed by atoms with Crippen LogP contribution in [0.4, 0.5) is 17.1 Å². The summed E-state index contributed by atoms with van der Waals surface area (Å²) < 4.78 is 0. The molecule has 0 aliphatic rings. The van der Waals surface area contributed by atoms with E-state index in [0.29, 0.717) is 11.4 Å². The van der Waals surface area contributed by atoms with Crippen LogP contribution in [0.5, 0.6) is 0 Å². The largest absolute Gasteiger partial charge is 0.355 e. The molecule has 0 unspecified atom stereocenters. The molecule has 0 bridgehead atoms. The third-order valence-corrected chi connectivity index (χ3v) is 4.62. The van der Waals surface area contributed by atoms with Gasteiger partial charge in [0.1, 0.15) is 5.69 Å². The Morgan fingerprint density at radius 2 is 1.61 bits per heavy atom. The van der Waals surface area contributed by atoms with Crippen LogP contribution in [0.1, 0.15) is 21.6 Å². The Morgan fingerprint density at radius 1 is 0.857 bits per heavy atom. The smallest absolute Gasteiger partial charge is 0.274 e. The first-order valence-electron chi connectivity index (χ1n) is 9.06. The first kappa shape index (κ1) is 17.7. The lowest BCUT2D eigenvalue weighted by Gasteiger charge is -2.13. The molecule has 0 atom stereocenters. The number of nitrogens with one attached hydrogen (secondary N) is 2. The van der Waals surface area contributed by atoms with Gasteiger partial charge >= 0.3 is 0 Å². The molecule has 138 valence electrons. The summed E-state index contributed by atoms with van der Waals surface area (Å²) >= 11 is 0. The number of hydrogen-bond donors (Lipinski definition) is 2. The zero-order chi connectivity index (χ0) is 19.5. The average molecular weight is 368 g/mol. The van der Waals surface area contributed by atoms with Gasteiger partial charge in [-0.15, -0.1) is 0 Å². The van der Waals surface area contributed by atoms with E-state index in [9.17, 15) is 4.79 Å². The number of carbonyl (C=O) groups is 1. The zero-order valence-corrected chi connectivity index (χ0v) is 15.7. The number of aryl methyl sites for hydroxylation is 2. The molecule has 0 radical (unpaired) electrons. The number of benzene rings is 2. The first-order valence-corrected chi connectivity index (χ1v) is 9.06. The molecule has 2 heterocycles. The van der Waals surface area contributed by atoms with Crippen LogP contribution in [0.3, 0.4) is 0 Å². The van der Waals surface area contributed by atoms with Crippen LogP contribution >= 0.6 is 0 Å². The summed E-state index contributed by atoms with van der Waals surface area (Å²) in [5.74, 6) is -0.275. The third-order valence-electron chi connectivity index (χ3n) is 4.62. The Labute approximate surface area is 163 Å². The molecule has 0 fully saturated rings. The van der Waals surface area contributed by atoms with Gasteiger partial charge in [0, 0.05) is 29.2 Å². The van der Waals surface area contributed by atoms with E-state index in [1.807, 2.05) is 42.5 Å². The molecule has 4 rings (SSSR count). The summed E-state index contributed by atoms with van der Waals surface area (Å²) in [6, 6.07) is 19.3. The molecule has 0 saturated carbocycles. The van der Waals surface area contributed by atoms with Crippen LogP contribution in [-0.4, -0.2) is 15.9 Å². The van der Waals surface area contributed by atoms with E-state index in [4.69, 9.17) is 0 Å². The molecular formula is C23H20N4O. The standard InChI is InChI=1S/C23H20N4O/c1-15-6-3-7-16(2)21(15)26-18-11-13-24-20(14-18)23(28)27-19-10-4-8-17-9-5-12-25-22(17)19/h3-14H,1-2H3,(H,24,26)(H,27,28). The number of amides is 1. The molecule has 5 heteroatoms. The Balaban J connectivity index is 1.59. The summed E-state index contributed by atoms with van der Waals surface area (Å²) in [6.45, 7) is 4.11. The molecule has 0 aliphatic carbocycles. The van der Waals surface area contributed by atoms with E-state index in [1.165, 1.54) is 0 Å². The molecular weight excluding hydrogens is 348 g/mol. The van der Waals surface area contributed by atoms with Gasteiger partial charge in [-0.25, -0.2) is 0 Å². The third kappa shape index (κ3) is 3.55. The molecule has 2 aromatic carbocycles. The van der Waals surface area contributed by atoms with Crippen molar-refractivity contribution in [3.8, 4) is 0 Å².